The molecule has 0 bridgehead atoms. The van der Waals surface area contributed by atoms with E-state index in [9.17, 15) is 4.79 Å². The molecule has 2 N–H and O–H groups in total. The molecule has 0 fully saturated rings. The lowest BCUT2D eigenvalue weighted by molar-refractivity contribution is -0.138. The standard InChI is InChI=1S/C8H16N2O2/c1-4-12-8(11)7(5-9)6-10(2)3/h6H,4-5,9H2,1-3H3/b7-6+. The lowest BCUT2D eigenvalue weighted by atomic mass is 10.3. The van der Waals surface area contributed by atoms with E-state index in [1.807, 2.05) is 14.1 Å². The van der Waals surface area contributed by atoms with E-state index in [1.165, 1.54) is 0 Å². The number of nitrogens with zero attached hydrogens (tertiary/aromatic N) is 1. The zero-order valence-electron chi connectivity index (χ0n) is 7.83. The summed E-state index contributed by atoms with van der Waals surface area (Å²) in [5.74, 6) is -0.339. The number of ether oxygens (including phenoxy) is 1. The quantitative estimate of drug-likeness (QED) is 0.477. The molecule has 12 heavy (non-hydrogen) atoms. The summed E-state index contributed by atoms with van der Waals surface area (Å²) in [6, 6.07) is 0. The van der Waals surface area contributed by atoms with Crippen molar-refractivity contribution in [2.75, 3.05) is 27.2 Å². The number of hydrogen-bond donors (Lipinski definition) is 1. The molecule has 0 aliphatic heterocycles. The molecule has 0 saturated carbocycles. The van der Waals surface area contributed by atoms with Crippen molar-refractivity contribution < 1.29 is 9.53 Å². The molecule has 0 aromatic heterocycles. The van der Waals surface area contributed by atoms with Gasteiger partial charge in [-0.15, -0.1) is 0 Å². The van der Waals surface area contributed by atoms with Gasteiger partial charge in [0, 0.05) is 26.8 Å². The lowest BCUT2D eigenvalue weighted by Gasteiger charge is -2.09. The van der Waals surface area contributed by atoms with Crippen LogP contribution in [0.15, 0.2) is 11.8 Å². The normalized spacial score (nSPS) is 11.2. The van der Waals surface area contributed by atoms with Gasteiger partial charge in [-0.05, 0) is 6.92 Å². The van der Waals surface area contributed by atoms with Crippen molar-refractivity contribution in [3.8, 4) is 0 Å². The zero-order chi connectivity index (χ0) is 9.56. The summed E-state index contributed by atoms with van der Waals surface area (Å²) in [6.45, 7) is 2.35. The molecule has 0 rings (SSSR count). The van der Waals surface area contributed by atoms with Crippen molar-refractivity contribution in [1.29, 1.82) is 0 Å². The van der Waals surface area contributed by atoms with Crippen LogP contribution in [0.2, 0.25) is 0 Å². The molecule has 0 saturated heterocycles. The van der Waals surface area contributed by atoms with Gasteiger partial charge in [-0.25, -0.2) is 4.79 Å². The molecule has 0 aromatic rings. The monoisotopic (exact) mass is 172 g/mol. The highest BCUT2D eigenvalue weighted by Gasteiger charge is 2.07. The highest BCUT2D eigenvalue weighted by molar-refractivity contribution is 5.88. The summed E-state index contributed by atoms with van der Waals surface area (Å²) in [7, 11) is 3.66. The Bertz CT molecular complexity index is 176. The van der Waals surface area contributed by atoms with Crippen molar-refractivity contribution in [2.45, 2.75) is 6.92 Å². The minimum atomic E-state index is -0.339. The molecular formula is C8H16N2O2. The van der Waals surface area contributed by atoms with E-state index >= 15 is 0 Å². The molecule has 0 aliphatic rings. The minimum Gasteiger partial charge on any atom is -0.463 e. The van der Waals surface area contributed by atoms with E-state index in [4.69, 9.17) is 10.5 Å². The van der Waals surface area contributed by atoms with Crippen LogP contribution in [0, 0.1) is 0 Å². The van der Waals surface area contributed by atoms with Crippen LogP contribution in [-0.4, -0.2) is 38.1 Å². The molecule has 0 spiro atoms. The second-order valence-electron chi connectivity index (χ2n) is 2.54. The van der Waals surface area contributed by atoms with Gasteiger partial charge >= 0.3 is 5.97 Å². The largest absolute Gasteiger partial charge is 0.463 e. The van der Waals surface area contributed by atoms with Gasteiger partial charge < -0.3 is 15.4 Å². The molecule has 0 amide bonds. The molecule has 70 valence electrons. The van der Waals surface area contributed by atoms with Crippen LogP contribution in [0.3, 0.4) is 0 Å². The number of esters is 1. The van der Waals surface area contributed by atoms with Gasteiger partial charge in [0.15, 0.2) is 0 Å². The van der Waals surface area contributed by atoms with E-state index in [1.54, 1.807) is 18.0 Å². The van der Waals surface area contributed by atoms with Gasteiger partial charge in [0.05, 0.1) is 12.2 Å². The van der Waals surface area contributed by atoms with E-state index in [0.29, 0.717) is 12.2 Å². The molecule has 0 aliphatic carbocycles. The number of carbonyl (C=O) groups excluding carboxylic acids is 1. The number of carbonyl (C=O) groups is 1. The highest BCUT2D eigenvalue weighted by Crippen LogP contribution is 1.96. The molecule has 0 atom stereocenters. The molecule has 4 nitrogen and oxygen atoms in total. The fraction of sp³-hybridized carbons (Fsp3) is 0.625. The molecule has 0 unspecified atom stereocenters. The zero-order valence-corrected chi connectivity index (χ0v) is 7.83. The van der Waals surface area contributed by atoms with Crippen LogP contribution >= 0.6 is 0 Å². The first-order chi connectivity index (χ1) is 5.61. The van der Waals surface area contributed by atoms with Crippen LogP contribution in [-0.2, 0) is 9.53 Å². The van der Waals surface area contributed by atoms with Gasteiger partial charge in [-0.2, -0.15) is 0 Å². The lowest BCUT2D eigenvalue weighted by Crippen LogP contribution is -2.18. The predicted octanol–water partition coefficient (Wildman–Crippen LogP) is -0.0463. The van der Waals surface area contributed by atoms with Crippen molar-refractivity contribution in [1.82, 2.24) is 4.90 Å². The van der Waals surface area contributed by atoms with E-state index < -0.39 is 0 Å². The Balaban J connectivity index is 4.23. The Kier molecular flexibility index (Phi) is 5.12. The van der Waals surface area contributed by atoms with Gasteiger partial charge in [0.2, 0.25) is 0 Å². The summed E-state index contributed by atoms with van der Waals surface area (Å²) in [4.78, 5) is 12.9. The minimum absolute atomic E-state index is 0.205. The van der Waals surface area contributed by atoms with Gasteiger partial charge in [-0.1, -0.05) is 0 Å². The summed E-state index contributed by atoms with van der Waals surface area (Å²) >= 11 is 0. The third kappa shape index (κ3) is 3.98. The van der Waals surface area contributed by atoms with Crippen molar-refractivity contribution in [3.05, 3.63) is 11.8 Å². The SMILES string of the molecule is CCOC(=O)/C(=C/N(C)C)CN. The summed E-state index contributed by atoms with van der Waals surface area (Å²) in [5.41, 5.74) is 5.84. The molecule has 0 heterocycles. The number of hydrogen-bond acceptors (Lipinski definition) is 4. The number of nitrogens with two attached hydrogens (primary N) is 1. The number of rotatable bonds is 4. The smallest absolute Gasteiger partial charge is 0.336 e. The third-order valence-electron chi connectivity index (χ3n) is 1.17. The van der Waals surface area contributed by atoms with Gasteiger partial charge in [0.1, 0.15) is 0 Å². The highest BCUT2D eigenvalue weighted by atomic mass is 16.5. The van der Waals surface area contributed by atoms with E-state index in [0.717, 1.165) is 0 Å². The van der Waals surface area contributed by atoms with Crippen molar-refractivity contribution >= 4 is 5.97 Å². The maximum atomic E-state index is 11.1. The van der Waals surface area contributed by atoms with E-state index in [2.05, 4.69) is 0 Å². The maximum Gasteiger partial charge on any atom is 0.336 e. The predicted molar refractivity (Wildman–Crippen MR) is 47.5 cm³/mol. The summed E-state index contributed by atoms with van der Waals surface area (Å²) in [5, 5.41) is 0. The Hall–Kier alpha value is -1.03. The first-order valence-electron chi connectivity index (χ1n) is 3.86. The van der Waals surface area contributed by atoms with Crippen LogP contribution < -0.4 is 5.73 Å². The average molecular weight is 172 g/mol. The second-order valence-corrected chi connectivity index (χ2v) is 2.54. The second kappa shape index (κ2) is 5.60. The van der Waals surface area contributed by atoms with Crippen molar-refractivity contribution in [2.24, 2.45) is 5.73 Å². The topological polar surface area (TPSA) is 55.6 Å². The first kappa shape index (κ1) is 11.0. The van der Waals surface area contributed by atoms with Gasteiger partial charge in [0.25, 0.3) is 0 Å². The molecule has 4 heteroatoms. The summed E-state index contributed by atoms with van der Waals surface area (Å²) in [6.07, 6.45) is 1.66. The Morgan fingerprint density at radius 1 is 1.58 bits per heavy atom. The van der Waals surface area contributed by atoms with Crippen LogP contribution in [0.25, 0.3) is 0 Å². The first-order valence-corrected chi connectivity index (χ1v) is 3.86. The van der Waals surface area contributed by atoms with Crippen LogP contribution in [0.4, 0.5) is 0 Å². The van der Waals surface area contributed by atoms with Crippen LogP contribution in [0.1, 0.15) is 6.92 Å². The average Bonchev–Trinajstić information content (AvgIpc) is 2.00. The Morgan fingerprint density at radius 3 is 2.50 bits per heavy atom. The van der Waals surface area contributed by atoms with Crippen molar-refractivity contribution in [3.63, 3.8) is 0 Å². The van der Waals surface area contributed by atoms with E-state index in [-0.39, 0.29) is 12.5 Å². The Morgan fingerprint density at radius 2 is 2.17 bits per heavy atom. The fourth-order valence-corrected chi connectivity index (χ4v) is 0.724. The molecular weight excluding hydrogens is 156 g/mol. The molecule has 0 radical (unpaired) electrons. The Labute approximate surface area is 73.0 Å². The summed E-state index contributed by atoms with van der Waals surface area (Å²) < 4.78 is 4.78. The van der Waals surface area contributed by atoms with Crippen LogP contribution in [0.5, 0.6) is 0 Å². The van der Waals surface area contributed by atoms with Gasteiger partial charge in [-0.3, -0.25) is 0 Å². The maximum absolute atomic E-state index is 11.1. The third-order valence-corrected chi connectivity index (χ3v) is 1.17. The fourth-order valence-electron chi connectivity index (χ4n) is 0.724. The molecule has 0 aromatic carbocycles.